The van der Waals surface area contributed by atoms with Crippen LogP contribution in [0, 0.1) is 11.6 Å². The van der Waals surface area contributed by atoms with Gasteiger partial charge in [-0.25, -0.2) is 18.3 Å². The molecule has 0 bridgehead atoms. The van der Waals surface area contributed by atoms with Crippen LogP contribution in [0.5, 0.6) is 0 Å². The first kappa shape index (κ1) is 17.1. The van der Waals surface area contributed by atoms with Gasteiger partial charge in [0, 0.05) is 18.2 Å². The molecule has 0 aromatic heterocycles. The minimum Gasteiger partial charge on any atom is -0.328 e. The Hall–Kier alpha value is -2.00. The lowest BCUT2D eigenvalue weighted by atomic mass is 10.1. The van der Waals surface area contributed by atoms with E-state index in [0.717, 1.165) is 30.3 Å². The lowest BCUT2D eigenvalue weighted by molar-refractivity contribution is -0.109. The average Bonchev–Trinajstić information content (AvgIpc) is 2.41. The first-order valence-corrected chi connectivity index (χ1v) is 6.66. The van der Waals surface area contributed by atoms with Crippen molar-refractivity contribution in [3.05, 3.63) is 35.4 Å². The summed E-state index contributed by atoms with van der Waals surface area (Å²) in [6.45, 7) is 0.0463. The molecule has 1 aromatic carbocycles. The summed E-state index contributed by atoms with van der Waals surface area (Å²) in [6.07, 6.45) is 1.03. The number of aldehydes is 2. The predicted molar refractivity (Wildman–Crippen MR) is 73.2 cm³/mol. The highest BCUT2D eigenvalue weighted by Crippen LogP contribution is 2.09. The van der Waals surface area contributed by atoms with Crippen molar-refractivity contribution in [3.8, 4) is 0 Å². The Kier molecular flexibility index (Phi) is 7.33. The summed E-state index contributed by atoms with van der Waals surface area (Å²) in [5.74, 6) is -1.51. The van der Waals surface area contributed by atoms with Crippen molar-refractivity contribution in [3.63, 3.8) is 0 Å². The summed E-state index contributed by atoms with van der Waals surface area (Å²) < 4.78 is 30.8. The summed E-state index contributed by atoms with van der Waals surface area (Å²) in [5, 5.41) is 2.32. The van der Waals surface area contributed by atoms with E-state index in [0.29, 0.717) is 12.6 Å². The number of carbonyl (C=O) groups is 3. The Bertz CT molecular complexity index is 496. The van der Waals surface area contributed by atoms with Gasteiger partial charge in [0.2, 0.25) is 0 Å². The number of nitrogens with one attached hydrogen (secondary N) is 3. The summed E-state index contributed by atoms with van der Waals surface area (Å²) in [4.78, 5) is 32.3. The lowest BCUT2D eigenvalue weighted by Gasteiger charge is -2.13. The maximum Gasteiger partial charge on any atom is 0.326 e. The van der Waals surface area contributed by atoms with Crippen molar-refractivity contribution < 1.29 is 23.2 Å². The van der Waals surface area contributed by atoms with E-state index in [1.807, 2.05) is 0 Å². The molecule has 1 atom stereocenters. The molecule has 6 nitrogen and oxygen atoms in total. The average molecular weight is 317 g/mol. The fourth-order valence-corrected chi connectivity index (χ4v) is 1.85. The maximum absolute atomic E-state index is 13.0. The van der Waals surface area contributed by atoms with Gasteiger partial charge < -0.3 is 14.9 Å². The third kappa shape index (κ3) is 6.82. The number of hydrogen-bond donors (Lipinski definition) is 3. The van der Waals surface area contributed by atoms with Crippen LogP contribution >= 0.6 is 12.1 Å². The van der Waals surface area contributed by atoms with Crippen LogP contribution in [-0.4, -0.2) is 31.2 Å². The van der Waals surface area contributed by atoms with Crippen LogP contribution in [0.15, 0.2) is 18.2 Å². The smallest absolute Gasteiger partial charge is 0.326 e. The van der Waals surface area contributed by atoms with E-state index in [4.69, 9.17) is 0 Å². The van der Waals surface area contributed by atoms with Crippen LogP contribution in [0.2, 0.25) is 0 Å². The highest BCUT2D eigenvalue weighted by molar-refractivity contribution is 7.96. The van der Waals surface area contributed by atoms with Gasteiger partial charge in [-0.05, 0) is 24.1 Å². The van der Waals surface area contributed by atoms with E-state index in [2.05, 4.69) is 14.8 Å². The molecule has 0 aliphatic rings. The van der Waals surface area contributed by atoms with Crippen molar-refractivity contribution in [1.29, 1.82) is 0 Å². The van der Waals surface area contributed by atoms with Crippen molar-refractivity contribution in [2.24, 2.45) is 0 Å². The van der Waals surface area contributed by atoms with Crippen LogP contribution in [0.4, 0.5) is 13.6 Å². The van der Waals surface area contributed by atoms with Crippen molar-refractivity contribution in [2.45, 2.75) is 12.5 Å². The molecular weight excluding hydrogens is 304 g/mol. The molecule has 0 heterocycles. The van der Waals surface area contributed by atoms with Crippen LogP contribution < -0.4 is 14.8 Å². The Morgan fingerprint density at radius 3 is 2.48 bits per heavy atom. The number of benzene rings is 1. The molecule has 1 rings (SSSR count). The van der Waals surface area contributed by atoms with Gasteiger partial charge in [-0.15, -0.1) is 0 Å². The summed E-state index contributed by atoms with van der Waals surface area (Å²) in [6, 6.07) is 1.28. The Labute approximate surface area is 123 Å². The molecule has 0 spiro atoms. The lowest BCUT2D eigenvalue weighted by Crippen LogP contribution is -2.42. The molecule has 0 saturated carbocycles. The highest BCUT2D eigenvalue weighted by Gasteiger charge is 2.13. The number of urea groups is 1. The van der Waals surface area contributed by atoms with Gasteiger partial charge in [-0.2, -0.15) is 0 Å². The monoisotopic (exact) mass is 317 g/mol. The van der Waals surface area contributed by atoms with E-state index in [1.54, 1.807) is 0 Å². The van der Waals surface area contributed by atoms with Gasteiger partial charge in [0.25, 0.3) is 0 Å². The molecule has 2 amide bonds. The van der Waals surface area contributed by atoms with Gasteiger partial charge in [-0.1, -0.05) is 0 Å². The zero-order valence-corrected chi connectivity index (χ0v) is 11.6. The van der Waals surface area contributed by atoms with Gasteiger partial charge in [0.15, 0.2) is 0 Å². The van der Waals surface area contributed by atoms with Crippen LogP contribution in [0.25, 0.3) is 0 Å². The molecule has 0 aliphatic heterocycles. The number of rotatable bonds is 8. The zero-order valence-electron chi connectivity index (χ0n) is 10.8. The second kappa shape index (κ2) is 9.03. The van der Waals surface area contributed by atoms with Crippen molar-refractivity contribution in [2.75, 3.05) is 6.54 Å². The molecule has 0 aliphatic carbocycles. The molecule has 0 fully saturated rings. The molecule has 1 unspecified atom stereocenters. The number of amides is 2. The quantitative estimate of drug-likeness (QED) is 0.374. The first-order chi connectivity index (χ1) is 10.0. The van der Waals surface area contributed by atoms with Crippen molar-refractivity contribution in [1.82, 2.24) is 14.8 Å². The van der Waals surface area contributed by atoms with E-state index in [9.17, 15) is 23.2 Å². The normalized spacial score (nSPS) is 11.5. The Balaban J connectivity index is 2.49. The van der Waals surface area contributed by atoms with Crippen molar-refractivity contribution >= 4 is 30.7 Å². The van der Waals surface area contributed by atoms with Gasteiger partial charge in [-0.3, -0.25) is 4.72 Å². The summed E-state index contributed by atoms with van der Waals surface area (Å²) in [7, 11) is 0. The minimum atomic E-state index is -0.933. The Morgan fingerprint density at radius 1 is 1.24 bits per heavy atom. The minimum absolute atomic E-state index is 0.0436. The highest BCUT2D eigenvalue weighted by atomic mass is 32.2. The summed E-state index contributed by atoms with van der Waals surface area (Å²) >= 11 is 0.770. The molecule has 0 saturated heterocycles. The second-order valence-electron chi connectivity index (χ2n) is 3.92. The van der Waals surface area contributed by atoms with E-state index in [1.165, 1.54) is 0 Å². The predicted octanol–water partition coefficient (Wildman–Crippen LogP) is 0.726. The molecule has 9 heteroatoms. The third-order valence-corrected chi connectivity index (χ3v) is 2.84. The van der Waals surface area contributed by atoms with Crippen LogP contribution in [0.3, 0.4) is 0 Å². The SMILES string of the molecule is O=CCNSNC(=O)NC(C=O)Cc1cc(F)cc(F)c1. The third-order valence-electron chi connectivity index (χ3n) is 2.24. The first-order valence-electron chi connectivity index (χ1n) is 5.84. The largest absolute Gasteiger partial charge is 0.328 e. The molecule has 0 radical (unpaired) electrons. The van der Waals surface area contributed by atoms with Gasteiger partial charge in [0.1, 0.15) is 24.2 Å². The fourth-order valence-electron chi connectivity index (χ4n) is 1.47. The molecule has 3 N–H and O–H groups in total. The number of hydrogen-bond acceptors (Lipinski definition) is 5. The molecule has 1 aromatic rings. The fraction of sp³-hybridized carbons (Fsp3) is 0.250. The van der Waals surface area contributed by atoms with Crippen LogP contribution in [-0.2, 0) is 16.0 Å². The van der Waals surface area contributed by atoms with Crippen LogP contribution in [0.1, 0.15) is 5.56 Å². The number of carbonyl (C=O) groups excluding carboxylic acids is 3. The van der Waals surface area contributed by atoms with Gasteiger partial charge in [0.05, 0.1) is 12.6 Å². The number of halogens is 2. The second-order valence-corrected chi connectivity index (χ2v) is 4.61. The maximum atomic E-state index is 13.0. The standard InChI is InChI=1S/C12H13F2N3O3S/c13-9-3-8(4-10(14)6-9)5-11(7-19)16-12(20)17-21-15-1-2-18/h2-4,6-7,11,15H,1,5H2,(H2,16,17,20). The van der Waals surface area contributed by atoms with E-state index in [-0.39, 0.29) is 18.5 Å². The molecule has 114 valence electrons. The molecule has 21 heavy (non-hydrogen) atoms. The van der Waals surface area contributed by atoms with E-state index < -0.39 is 23.7 Å². The zero-order chi connectivity index (χ0) is 15.7. The topological polar surface area (TPSA) is 87.3 Å². The van der Waals surface area contributed by atoms with Gasteiger partial charge >= 0.3 is 6.03 Å². The molecular formula is C12H13F2N3O3S. The summed E-state index contributed by atoms with van der Waals surface area (Å²) in [5.41, 5.74) is 0.247. The Morgan fingerprint density at radius 2 is 1.90 bits per heavy atom. The van der Waals surface area contributed by atoms with E-state index >= 15 is 0 Å².